The Kier molecular flexibility index (Phi) is 3.32. The van der Waals surface area contributed by atoms with Crippen LogP contribution in [0.5, 0.6) is 0 Å². The fourth-order valence-electron chi connectivity index (χ4n) is 2.67. The number of hydrogen-bond donors (Lipinski definition) is 2. The average Bonchev–Trinajstić information content (AvgIpc) is 2.60. The van der Waals surface area contributed by atoms with Gasteiger partial charge in [-0.3, -0.25) is 0 Å². The van der Waals surface area contributed by atoms with Crippen LogP contribution in [0.1, 0.15) is 27.2 Å². The van der Waals surface area contributed by atoms with Gasteiger partial charge in [0.2, 0.25) is 0 Å². The van der Waals surface area contributed by atoms with E-state index in [9.17, 15) is 9.90 Å². The lowest BCUT2D eigenvalue weighted by molar-refractivity contribution is 0.00892. The van der Waals surface area contributed by atoms with Crippen molar-refractivity contribution in [1.82, 2.24) is 10.2 Å². The van der Waals surface area contributed by atoms with Crippen molar-refractivity contribution in [3.8, 4) is 0 Å². The molecule has 0 spiro atoms. The Morgan fingerprint density at radius 1 is 1.41 bits per heavy atom. The number of hydrogen-bond acceptors (Lipinski definition) is 4. The lowest BCUT2D eigenvalue weighted by atomic mass is 9.91. The Hall–Kier alpha value is -0.810. The maximum Gasteiger partial charge on any atom is 0.410 e. The van der Waals surface area contributed by atoms with Crippen molar-refractivity contribution < 1.29 is 14.6 Å². The van der Waals surface area contributed by atoms with Gasteiger partial charge in [-0.15, -0.1) is 0 Å². The van der Waals surface area contributed by atoms with E-state index in [2.05, 4.69) is 5.32 Å². The van der Waals surface area contributed by atoms with E-state index < -0.39 is 5.60 Å². The molecule has 2 fully saturated rings. The predicted molar refractivity (Wildman–Crippen MR) is 63.7 cm³/mol. The number of nitrogens with one attached hydrogen (secondary N) is 1. The van der Waals surface area contributed by atoms with Gasteiger partial charge in [-0.2, -0.15) is 0 Å². The third kappa shape index (κ3) is 2.72. The minimum atomic E-state index is -0.462. The lowest BCUT2D eigenvalue weighted by Gasteiger charge is -2.35. The number of carbonyl (C=O) groups excluding carboxylic acids is 1. The van der Waals surface area contributed by atoms with Crippen LogP contribution in [0.25, 0.3) is 0 Å². The number of fused-ring (bicyclic) bond motifs is 1. The molecule has 1 amide bonds. The van der Waals surface area contributed by atoms with Gasteiger partial charge in [-0.1, -0.05) is 0 Å². The monoisotopic (exact) mass is 242 g/mol. The van der Waals surface area contributed by atoms with E-state index in [-0.39, 0.29) is 24.2 Å². The van der Waals surface area contributed by atoms with Gasteiger partial charge in [0, 0.05) is 25.6 Å². The number of ether oxygens (including phenoxy) is 1. The molecule has 0 radical (unpaired) electrons. The van der Waals surface area contributed by atoms with Crippen LogP contribution in [-0.2, 0) is 4.74 Å². The molecule has 0 saturated carbocycles. The molecule has 2 aliphatic rings. The van der Waals surface area contributed by atoms with E-state index in [4.69, 9.17) is 4.74 Å². The molecule has 5 heteroatoms. The van der Waals surface area contributed by atoms with E-state index >= 15 is 0 Å². The summed E-state index contributed by atoms with van der Waals surface area (Å²) in [6, 6.07) is 0.0774. The van der Waals surface area contributed by atoms with E-state index in [0.29, 0.717) is 13.1 Å². The molecule has 2 saturated heterocycles. The van der Waals surface area contributed by atoms with Crippen LogP contribution in [0.15, 0.2) is 0 Å². The third-order valence-electron chi connectivity index (χ3n) is 3.43. The van der Waals surface area contributed by atoms with E-state index in [1.165, 1.54) is 0 Å². The first-order chi connectivity index (χ1) is 7.88. The van der Waals surface area contributed by atoms with Crippen LogP contribution >= 0.6 is 0 Å². The molecular weight excluding hydrogens is 220 g/mol. The standard InChI is InChI=1S/C12H22N2O3/c1-12(2,3)17-11(16)14-5-4-8-9(14)6-13-7-10(8)15/h8-10,13,15H,4-7H2,1-3H3. The van der Waals surface area contributed by atoms with Gasteiger partial charge in [0.15, 0.2) is 0 Å². The minimum Gasteiger partial charge on any atom is -0.444 e. The Balaban J connectivity index is 2.01. The first-order valence-electron chi connectivity index (χ1n) is 6.27. The zero-order chi connectivity index (χ0) is 12.6. The van der Waals surface area contributed by atoms with E-state index in [0.717, 1.165) is 13.0 Å². The van der Waals surface area contributed by atoms with Crippen molar-refractivity contribution in [3.05, 3.63) is 0 Å². The molecule has 2 aliphatic heterocycles. The smallest absolute Gasteiger partial charge is 0.410 e. The fraction of sp³-hybridized carbons (Fsp3) is 0.917. The third-order valence-corrected chi connectivity index (χ3v) is 3.43. The lowest BCUT2D eigenvalue weighted by Crippen LogP contribution is -2.54. The summed E-state index contributed by atoms with van der Waals surface area (Å²) in [6.07, 6.45) is 0.259. The summed E-state index contributed by atoms with van der Waals surface area (Å²) < 4.78 is 5.38. The van der Waals surface area contributed by atoms with Gasteiger partial charge in [0.05, 0.1) is 12.1 Å². The van der Waals surface area contributed by atoms with Crippen molar-refractivity contribution in [2.75, 3.05) is 19.6 Å². The Morgan fingerprint density at radius 3 is 2.76 bits per heavy atom. The largest absolute Gasteiger partial charge is 0.444 e. The molecule has 5 nitrogen and oxygen atoms in total. The molecule has 17 heavy (non-hydrogen) atoms. The molecule has 3 atom stereocenters. The zero-order valence-corrected chi connectivity index (χ0v) is 10.8. The second-order valence-electron chi connectivity index (χ2n) is 5.92. The van der Waals surface area contributed by atoms with Crippen molar-refractivity contribution in [1.29, 1.82) is 0 Å². The second-order valence-corrected chi connectivity index (χ2v) is 5.92. The molecule has 3 unspecified atom stereocenters. The number of aliphatic hydroxyl groups excluding tert-OH is 1. The molecule has 0 aromatic heterocycles. The summed E-state index contributed by atoms with van der Waals surface area (Å²) in [5.74, 6) is 0.198. The normalized spacial score (nSPS) is 33.4. The maximum absolute atomic E-state index is 12.0. The Morgan fingerprint density at radius 2 is 2.12 bits per heavy atom. The molecule has 0 bridgehead atoms. The SMILES string of the molecule is CC(C)(C)OC(=O)N1CCC2C(O)CNCC21. The topological polar surface area (TPSA) is 61.8 Å². The van der Waals surface area contributed by atoms with Crippen molar-refractivity contribution >= 4 is 6.09 Å². The highest BCUT2D eigenvalue weighted by molar-refractivity contribution is 5.69. The number of rotatable bonds is 0. The van der Waals surface area contributed by atoms with Gasteiger partial charge in [0.25, 0.3) is 0 Å². The van der Waals surface area contributed by atoms with E-state index in [1.807, 2.05) is 20.8 Å². The highest BCUT2D eigenvalue weighted by Crippen LogP contribution is 2.30. The number of carbonyl (C=O) groups is 1. The number of likely N-dealkylation sites (tertiary alicyclic amines) is 1. The number of amides is 1. The molecule has 2 rings (SSSR count). The first kappa shape index (κ1) is 12.6. The quantitative estimate of drug-likeness (QED) is 0.652. The molecule has 0 aliphatic carbocycles. The molecular formula is C12H22N2O3. The summed E-state index contributed by atoms with van der Waals surface area (Å²) in [4.78, 5) is 13.8. The number of β-amino-alcohol motifs (C(OH)–C–C–N with tert-alkyl or cyclic N) is 1. The van der Waals surface area contributed by atoms with Crippen molar-refractivity contribution in [3.63, 3.8) is 0 Å². The van der Waals surface area contributed by atoms with Gasteiger partial charge >= 0.3 is 6.09 Å². The van der Waals surface area contributed by atoms with Crippen molar-refractivity contribution in [2.24, 2.45) is 5.92 Å². The van der Waals surface area contributed by atoms with Crippen LogP contribution in [0.3, 0.4) is 0 Å². The first-order valence-corrected chi connectivity index (χ1v) is 6.27. The average molecular weight is 242 g/mol. The predicted octanol–water partition coefficient (Wildman–Crippen LogP) is 0.576. The number of nitrogens with zero attached hydrogens (tertiary/aromatic N) is 1. The van der Waals surface area contributed by atoms with E-state index in [1.54, 1.807) is 4.90 Å². The molecule has 98 valence electrons. The fourth-order valence-corrected chi connectivity index (χ4v) is 2.67. The van der Waals surface area contributed by atoms with Gasteiger partial charge in [-0.05, 0) is 27.2 Å². The van der Waals surface area contributed by atoms with Gasteiger partial charge in [0.1, 0.15) is 5.60 Å². The highest BCUT2D eigenvalue weighted by atomic mass is 16.6. The summed E-state index contributed by atoms with van der Waals surface area (Å²) in [5, 5.41) is 13.0. The molecule has 0 aromatic carbocycles. The van der Waals surface area contributed by atoms with Crippen molar-refractivity contribution in [2.45, 2.75) is 44.9 Å². The highest BCUT2D eigenvalue weighted by Gasteiger charge is 2.43. The summed E-state index contributed by atoms with van der Waals surface area (Å²) >= 11 is 0. The number of piperidine rings is 1. The molecule has 2 N–H and O–H groups in total. The van der Waals surface area contributed by atoms with Crippen LogP contribution in [-0.4, -0.2) is 53.5 Å². The minimum absolute atomic E-state index is 0.0774. The van der Waals surface area contributed by atoms with Crippen LogP contribution in [0.4, 0.5) is 4.79 Å². The summed E-state index contributed by atoms with van der Waals surface area (Å²) in [6.45, 7) is 7.67. The number of aliphatic hydroxyl groups is 1. The van der Waals surface area contributed by atoms with Crippen LogP contribution in [0.2, 0.25) is 0 Å². The summed E-state index contributed by atoms with van der Waals surface area (Å²) in [7, 11) is 0. The van der Waals surface area contributed by atoms with Crippen LogP contribution in [0, 0.1) is 5.92 Å². The second kappa shape index (κ2) is 4.46. The zero-order valence-electron chi connectivity index (χ0n) is 10.8. The summed E-state index contributed by atoms with van der Waals surface area (Å²) in [5.41, 5.74) is -0.462. The Labute approximate surface area is 102 Å². The van der Waals surface area contributed by atoms with Gasteiger partial charge in [-0.25, -0.2) is 4.79 Å². The molecule has 2 heterocycles. The van der Waals surface area contributed by atoms with Crippen LogP contribution < -0.4 is 5.32 Å². The molecule has 0 aromatic rings. The maximum atomic E-state index is 12.0. The Bertz CT molecular complexity index is 301. The van der Waals surface area contributed by atoms with Gasteiger partial charge < -0.3 is 20.1 Å².